The molecule has 0 fully saturated rings. The van der Waals surface area contributed by atoms with Gasteiger partial charge in [-0.1, -0.05) is 0 Å². The lowest BCUT2D eigenvalue weighted by molar-refractivity contribution is 0.0689. The van der Waals surface area contributed by atoms with Crippen LogP contribution >= 0.6 is 0 Å². The van der Waals surface area contributed by atoms with E-state index in [2.05, 4.69) is 15.2 Å². The molecule has 1 aliphatic heterocycles. The van der Waals surface area contributed by atoms with E-state index in [0.717, 1.165) is 0 Å². The van der Waals surface area contributed by atoms with Gasteiger partial charge in [0.1, 0.15) is 0 Å². The Balaban J connectivity index is 1.83. The van der Waals surface area contributed by atoms with Gasteiger partial charge in [-0.2, -0.15) is 5.10 Å². The molecule has 0 spiro atoms. The Morgan fingerprint density at radius 1 is 1.30 bits per heavy atom. The molecule has 0 atom stereocenters. The van der Waals surface area contributed by atoms with Crippen molar-refractivity contribution < 1.29 is 14.7 Å². The van der Waals surface area contributed by atoms with Crippen molar-refractivity contribution in [3.8, 4) is 0 Å². The second-order valence-corrected chi connectivity index (χ2v) is 4.55. The minimum absolute atomic E-state index is 0.0519. The van der Waals surface area contributed by atoms with Gasteiger partial charge in [0.25, 0.3) is 5.91 Å². The van der Waals surface area contributed by atoms with E-state index in [4.69, 9.17) is 5.11 Å². The molecule has 2 aromatic rings. The average molecular weight is 272 g/mol. The molecule has 0 radical (unpaired) electrons. The van der Waals surface area contributed by atoms with Crippen LogP contribution in [0.1, 0.15) is 32.1 Å². The summed E-state index contributed by atoms with van der Waals surface area (Å²) in [5.74, 6) is -1.14. The smallest absolute Gasteiger partial charge is 0.356 e. The molecule has 2 N–H and O–H groups in total. The molecule has 3 rings (SSSR count). The zero-order valence-electron chi connectivity index (χ0n) is 10.5. The van der Waals surface area contributed by atoms with Crippen LogP contribution in [-0.4, -0.2) is 43.6 Å². The lowest BCUT2D eigenvalue weighted by atomic mass is 10.0. The molecule has 3 heterocycles. The third-order valence-electron chi connectivity index (χ3n) is 3.35. The lowest BCUT2D eigenvalue weighted by Crippen LogP contribution is -2.36. The van der Waals surface area contributed by atoms with Gasteiger partial charge in [-0.15, -0.1) is 0 Å². The minimum Gasteiger partial charge on any atom is -0.476 e. The Morgan fingerprint density at radius 3 is 2.75 bits per heavy atom. The summed E-state index contributed by atoms with van der Waals surface area (Å²) in [5, 5.41) is 15.5. The molecular formula is C13H12N4O3. The molecule has 0 unspecified atom stereocenters. The second-order valence-electron chi connectivity index (χ2n) is 4.55. The zero-order valence-corrected chi connectivity index (χ0v) is 10.5. The minimum atomic E-state index is -1.04. The van der Waals surface area contributed by atoms with Gasteiger partial charge in [-0.25, -0.2) is 4.79 Å². The molecule has 7 nitrogen and oxygen atoms in total. The van der Waals surface area contributed by atoms with Crippen molar-refractivity contribution in [2.24, 2.45) is 0 Å². The number of pyridine rings is 1. The van der Waals surface area contributed by atoms with E-state index in [1.807, 2.05) is 0 Å². The summed E-state index contributed by atoms with van der Waals surface area (Å²) in [6.45, 7) is 0.824. The molecule has 0 saturated carbocycles. The van der Waals surface area contributed by atoms with E-state index in [9.17, 15) is 9.59 Å². The van der Waals surface area contributed by atoms with Crippen molar-refractivity contribution >= 4 is 11.9 Å². The third kappa shape index (κ3) is 2.03. The van der Waals surface area contributed by atoms with Crippen molar-refractivity contribution in [1.82, 2.24) is 20.1 Å². The largest absolute Gasteiger partial charge is 0.476 e. The van der Waals surface area contributed by atoms with Gasteiger partial charge in [0, 0.05) is 30.1 Å². The Hall–Kier alpha value is -2.70. The van der Waals surface area contributed by atoms with Gasteiger partial charge in [-0.3, -0.25) is 14.9 Å². The van der Waals surface area contributed by atoms with Gasteiger partial charge in [0.15, 0.2) is 5.69 Å². The molecule has 7 heteroatoms. The molecule has 0 saturated heterocycles. The van der Waals surface area contributed by atoms with Crippen LogP contribution in [0.15, 0.2) is 24.5 Å². The van der Waals surface area contributed by atoms with E-state index < -0.39 is 5.97 Å². The molecule has 0 aromatic carbocycles. The number of rotatable bonds is 2. The Bertz CT molecular complexity index is 666. The maximum Gasteiger partial charge on any atom is 0.356 e. The number of carboxylic acids is 1. The summed E-state index contributed by atoms with van der Waals surface area (Å²) in [7, 11) is 0. The summed E-state index contributed by atoms with van der Waals surface area (Å²) < 4.78 is 0. The maximum absolute atomic E-state index is 12.3. The van der Waals surface area contributed by atoms with Crippen molar-refractivity contribution in [2.75, 3.05) is 6.54 Å². The van der Waals surface area contributed by atoms with E-state index in [-0.39, 0.29) is 11.6 Å². The number of nitrogens with zero attached hydrogens (tertiary/aromatic N) is 3. The number of carbonyl (C=O) groups is 2. The first-order valence-electron chi connectivity index (χ1n) is 6.15. The Kier molecular flexibility index (Phi) is 2.94. The van der Waals surface area contributed by atoms with Gasteiger partial charge in [-0.05, 0) is 18.6 Å². The van der Waals surface area contributed by atoms with Crippen LogP contribution in [0.4, 0.5) is 0 Å². The van der Waals surface area contributed by atoms with Crippen molar-refractivity contribution in [3.05, 3.63) is 47.0 Å². The van der Waals surface area contributed by atoms with Gasteiger partial charge in [0.05, 0.1) is 12.2 Å². The van der Waals surface area contributed by atoms with Crippen LogP contribution in [0.25, 0.3) is 0 Å². The van der Waals surface area contributed by atoms with E-state index in [1.54, 1.807) is 29.4 Å². The lowest BCUT2D eigenvalue weighted by Gasteiger charge is -2.26. The summed E-state index contributed by atoms with van der Waals surface area (Å²) in [6, 6.07) is 3.32. The molecule has 2 aromatic heterocycles. The number of aromatic nitrogens is 3. The number of H-pyrrole nitrogens is 1. The van der Waals surface area contributed by atoms with Crippen LogP contribution in [0.5, 0.6) is 0 Å². The summed E-state index contributed by atoms with van der Waals surface area (Å²) in [5.41, 5.74) is 2.00. The number of fused-ring (bicyclic) bond motifs is 1. The fourth-order valence-electron chi connectivity index (χ4n) is 2.35. The molecule has 102 valence electrons. The first-order chi connectivity index (χ1) is 9.66. The second kappa shape index (κ2) is 4.76. The van der Waals surface area contributed by atoms with Gasteiger partial charge >= 0.3 is 5.97 Å². The molecule has 0 aliphatic carbocycles. The van der Waals surface area contributed by atoms with Crippen LogP contribution in [0.3, 0.4) is 0 Å². The van der Waals surface area contributed by atoms with Crippen molar-refractivity contribution in [3.63, 3.8) is 0 Å². The van der Waals surface area contributed by atoms with Crippen LogP contribution in [0.2, 0.25) is 0 Å². The normalized spacial score (nSPS) is 13.9. The van der Waals surface area contributed by atoms with Crippen LogP contribution < -0.4 is 0 Å². The number of carbonyl (C=O) groups excluding carboxylic acids is 1. The Morgan fingerprint density at radius 2 is 2.05 bits per heavy atom. The summed E-state index contributed by atoms with van der Waals surface area (Å²) in [4.78, 5) is 28.8. The Labute approximate surface area is 114 Å². The van der Waals surface area contributed by atoms with E-state index >= 15 is 0 Å². The van der Waals surface area contributed by atoms with Gasteiger partial charge < -0.3 is 10.0 Å². The van der Waals surface area contributed by atoms with E-state index in [0.29, 0.717) is 36.3 Å². The number of carboxylic acid groups (broad SMARTS) is 1. The monoisotopic (exact) mass is 272 g/mol. The highest BCUT2D eigenvalue weighted by Crippen LogP contribution is 2.21. The fourth-order valence-corrected chi connectivity index (χ4v) is 2.35. The SMILES string of the molecule is O=C(O)c1n[nH]c2c1CCN(C(=O)c1ccncc1)C2. The molecule has 0 bridgehead atoms. The average Bonchev–Trinajstić information content (AvgIpc) is 2.90. The standard InChI is InChI=1S/C13H12N4O3/c18-12(8-1-4-14-5-2-8)17-6-3-9-10(7-17)15-16-11(9)13(19)20/h1-2,4-5H,3,6-7H2,(H,15,16)(H,19,20). The number of amides is 1. The van der Waals surface area contributed by atoms with Crippen LogP contribution in [-0.2, 0) is 13.0 Å². The first-order valence-corrected chi connectivity index (χ1v) is 6.15. The van der Waals surface area contributed by atoms with Crippen molar-refractivity contribution in [2.45, 2.75) is 13.0 Å². The fraction of sp³-hybridized carbons (Fsp3) is 0.231. The molecule has 20 heavy (non-hydrogen) atoms. The summed E-state index contributed by atoms with van der Waals surface area (Å²) >= 11 is 0. The number of nitrogens with one attached hydrogen (secondary N) is 1. The number of hydrogen-bond donors (Lipinski definition) is 2. The predicted octanol–water partition coefficient (Wildman–Crippen LogP) is 0.701. The highest BCUT2D eigenvalue weighted by atomic mass is 16.4. The van der Waals surface area contributed by atoms with E-state index in [1.165, 1.54) is 0 Å². The molecular weight excluding hydrogens is 260 g/mol. The number of hydrogen-bond acceptors (Lipinski definition) is 4. The predicted molar refractivity (Wildman–Crippen MR) is 68.2 cm³/mol. The summed E-state index contributed by atoms with van der Waals surface area (Å²) in [6.07, 6.45) is 3.63. The van der Waals surface area contributed by atoms with Crippen molar-refractivity contribution in [1.29, 1.82) is 0 Å². The number of aromatic amines is 1. The number of aromatic carboxylic acids is 1. The highest BCUT2D eigenvalue weighted by molar-refractivity contribution is 5.94. The topological polar surface area (TPSA) is 99.2 Å². The molecule has 1 amide bonds. The third-order valence-corrected chi connectivity index (χ3v) is 3.35. The van der Waals surface area contributed by atoms with Crippen LogP contribution in [0, 0.1) is 0 Å². The van der Waals surface area contributed by atoms with Gasteiger partial charge in [0.2, 0.25) is 0 Å². The zero-order chi connectivity index (χ0) is 14.1. The highest BCUT2D eigenvalue weighted by Gasteiger charge is 2.27. The first kappa shape index (κ1) is 12.3. The quantitative estimate of drug-likeness (QED) is 0.838. The maximum atomic E-state index is 12.3. The molecule has 1 aliphatic rings.